The third kappa shape index (κ3) is 2.91. The SMILES string of the molecule is CSc1nc(-c2cccc(-c3ccc(C)o3)c2)c(C#N)c(=O)[nH]1. The molecule has 0 bridgehead atoms. The van der Waals surface area contributed by atoms with Crippen molar-refractivity contribution in [3.8, 4) is 28.7 Å². The van der Waals surface area contributed by atoms with Crippen molar-refractivity contribution in [3.63, 3.8) is 0 Å². The van der Waals surface area contributed by atoms with Gasteiger partial charge in [0, 0.05) is 11.1 Å². The molecule has 1 N–H and O–H groups in total. The Balaban J connectivity index is 2.18. The third-order valence-corrected chi connectivity index (χ3v) is 3.94. The second-order valence-corrected chi connectivity index (χ2v) is 5.70. The van der Waals surface area contributed by atoms with E-state index in [1.807, 2.05) is 55.6 Å². The molecule has 0 amide bonds. The minimum absolute atomic E-state index is 0.00979. The van der Waals surface area contributed by atoms with Crippen LogP contribution in [0.3, 0.4) is 0 Å². The maximum atomic E-state index is 12.0. The topological polar surface area (TPSA) is 82.7 Å². The van der Waals surface area contributed by atoms with Crippen LogP contribution >= 0.6 is 11.8 Å². The molecule has 0 aliphatic carbocycles. The van der Waals surface area contributed by atoms with Gasteiger partial charge in [0.1, 0.15) is 23.2 Å². The van der Waals surface area contributed by atoms with Gasteiger partial charge in [0.15, 0.2) is 5.16 Å². The van der Waals surface area contributed by atoms with Gasteiger partial charge in [0.25, 0.3) is 5.56 Å². The zero-order valence-electron chi connectivity index (χ0n) is 12.6. The third-order valence-electron chi connectivity index (χ3n) is 3.36. The number of hydrogen-bond acceptors (Lipinski definition) is 5. The largest absolute Gasteiger partial charge is 0.461 e. The highest BCUT2D eigenvalue weighted by Gasteiger charge is 2.14. The molecule has 2 aromatic heterocycles. The zero-order chi connectivity index (χ0) is 16.4. The quantitative estimate of drug-likeness (QED) is 0.588. The molecule has 3 aromatic rings. The lowest BCUT2D eigenvalue weighted by atomic mass is 10.0. The Bertz CT molecular complexity index is 966. The lowest BCUT2D eigenvalue weighted by molar-refractivity contribution is 0.548. The Hall–Kier alpha value is -2.78. The van der Waals surface area contributed by atoms with Crippen molar-refractivity contribution in [2.24, 2.45) is 0 Å². The van der Waals surface area contributed by atoms with Crippen molar-refractivity contribution in [1.82, 2.24) is 9.97 Å². The fraction of sp³-hybridized carbons (Fsp3) is 0.118. The van der Waals surface area contributed by atoms with Gasteiger partial charge in [0.05, 0.1) is 5.69 Å². The van der Waals surface area contributed by atoms with E-state index in [-0.39, 0.29) is 5.56 Å². The molecule has 2 heterocycles. The molecule has 0 atom stereocenters. The van der Waals surface area contributed by atoms with Gasteiger partial charge in [-0.05, 0) is 31.4 Å². The van der Waals surface area contributed by atoms with Gasteiger partial charge in [-0.15, -0.1) is 0 Å². The smallest absolute Gasteiger partial charge is 0.270 e. The van der Waals surface area contributed by atoms with E-state index < -0.39 is 5.56 Å². The van der Waals surface area contributed by atoms with Crippen molar-refractivity contribution in [3.05, 3.63) is 58.1 Å². The summed E-state index contributed by atoms with van der Waals surface area (Å²) < 4.78 is 5.63. The molecule has 23 heavy (non-hydrogen) atoms. The summed E-state index contributed by atoms with van der Waals surface area (Å²) in [7, 11) is 0. The molecule has 0 spiro atoms. The number of aromatic nitrogens is 2. The fourth-order valence-corrected chi connectivity index (χ4v) is 2.65. The highest BCUT2D eigenvalue weighted by atomic mass is 32.2. The number of rotatable bonds is 3. The van der Waals surface area contributed by atoms with E-state index in [0.717, 1.165) is 17.1 Å². The summed E-state index contributed by atoms with van der Waals surface area (Å²) in [5.74, 6) is 1.56. The van der Waals surface area contributed by atoms with Gasteiger partial charge in [-0.3, -0.25) is 4.79 Å². The molecule has 5 nitrogen and oxygen atoms in total. The number of H-pyrrole nitrogens is 1. The maximum absolute atomic E-state index is 12.0. The Labute approximate surface area is 137 Å². The zero-order valence-corrected chi connectivity index (χ0v) is 13.4. The van der Waals surface area contributed by atoms with E-state index in [0.29, 0.717) is 16.4 Å². The molecule has 6 heteroatoms. The standard InChI is InChI=1S/C17H13N3O2S/c1-10-6-7-14(22-10)11-4-3-5-12(8-11)15-13(9-18)16(21)20-17(19-15)23-2/h3-8H,1-2H3,(H,19,20,21). The number of nitriles is 1. The van der Waals surface area contributed by atoms with E-state index >= 15 is 0 Å². The summed E-state index contributed by atoms with van der Waals surface area (Å²) in [5.41, 5.74) is 1.53. The molecular formula is C17H13N3O2S. The van der Waals surface area contributed by atoms with Crippen LogP contribution in [0.5, 0.6) is 0 Å². The molecule has 0 aliphatic rings. The summed E-state index contributed by atoms with van der Waals surface area (Å²) in [6.07, 6.45) is 1.82. The summed E-state index contributed by atoms with van der Waals surface area (Å²) in [6.45, 7) is 1.88. The predicted octanol–water partition coefficient (Wildman–Crippen LogP) is 3.60. The first-order valence-electron chi connectivity index (χ1n) is 6.88. The van der Waals surface area contributed by atoms with E-state index in [2.05, 4.69) is 9.97 Å². The van der Waals surface area contributed by atoms with Crippen molar-refractivity contribution in [2.45, 2.75) is 12.1 Å². The van der Waals surface area contributed by atoms with Crippen LogP contribution in [0.4, 0.5) is 0 Å². The second kappa shape index (κ2) is 6.15. The molecule has 114 valence electrons. The minimum atomic E-state index is -0.430. The molecular weight excluding hydrogens is 310 g/mol. The number of furan rings is 1. The van der Waals surface area contributed by atoms with Crippen LogP contribution in [0.2, 0.25) is 0 Å². The number of benzene rings is 1. The fourth-order valence-electron chi connectivity index (χ4n) is 2.27. The van der Waals surface area contributed by atoms with Gasteiger partial charge in [-0.1, -0.05) is 30.0 Å². The van der Waals surface area contributed by atoms with Crippen LogP contribution in [-0.4, -0.2) is 16.2 Å². The molecule has 0 saturated carbocycles. The lowest BCUT2D eigenvalue weighted by Gasteiger charge is -2.06. The molecule has 0 radical (unpaired) electrons. The molecule has 3 rings (SSSR count). The average molecular weight is 323 g/mol. The van der Waals surface area contributed by atoms with Crippen LogP contribution in [0.1, 0.15) is 11.3 Å². The van der Waals surface area contributed by atoms with E-state index in [4.69, 9.17) is 4.42 Å². The Morgan fingerprint density at radius 2 is 2.04 bits per heavy atom. The number of thioether (sulfide) groups is 1. The molecule has 1 aromatic carbocycles. The van der Waals surface area contributed by atoms with Crippen molar-refractivity contribution in [2.75, 3.05) is 6.26 Å². The first-order chi connectivity index (χ1) is 11.1. The predicted molar refractivity (Wildman–Crippen MR) is 89.2 cm³/mol. The number of nitrogens with zero attached hydrogens (tertiary/aromatic N) is 2. The minimum Gasteiger partial charge on any atom is -0.461 e. The van der Waals surface area contributed by atoms with E-state index in [1.54, 1.807) is 0 Å². The van der Waals surface area contributed by atoms with Crippen LogP contribution < -0.4 is 5.56 Å². The normalized spacial score (nSPS) is 10.5. The molecule has 0 aliphatic heterocycles. The van der Waals surface area contributed by atoms with Gasteiger partial charge < -0.3 is 9.40 Å². The monoisotopic (exact) mass is 323 g/mol. The molecule has 0 fully saturated rings. The van der Waals surface area contributed by atoms with Crippen LogP contribution in [0, 0.1) is 18.3 Å². The highest BCUT2D eigenvalue weighted by Crippen LogP contribution is 2.28. The first kappa shape index (κ1) is 15.1. The second-order valence-electron chi connectivity index (χ2n) is 4.90. The summed E-state index contributed by atoms with van der Waals surface area (Å²) in [4.78, 5) is 19.0. The average Bonchev–Trinajstić information content (AvgIpc) is 3.00. The van der Waals surface area contributed by atoms with E-state index in [9.17, 15) is 10.1 Å². The number of aryl methyl sites for hydroxylation is 1. The van der Waals surface area contributed by atoms with Crippen LogP contribution in [0.25, 0.3) is 22.6 Å². The number of hydrogen-bond donors (Lipinski definition) is 1. The maximum Gasteiger partial charge on any atom is 0.270 e. The Morgan fingerprint density at radius 3 is 2.70 bits per heavy atom. The lowest BCUT2D eigenvalue weighted by Crippen LogP contribution is -2.14. The van der Waals surface area contributed by atoms with Crippen LogP contribution in [-0.2, 0) is 0 Å². The van der Waals surface area contributed by atoms with Crippen molar-refractivity contribution in [1.29, 1.82) is 5.26 Å². The van der Waals surface area contributed by atoms with Gasteiger partial charge in [-0.2, -0.15) is 5.26 Å². The molecule has 0 saturated heterocycles. The van der Waals surface area contributed by atoms with Crippen molar-refractivity contribution < 1.29 is 4.42 Å². The summed E-state index contributed by atoms with van der Waals surface area (Å²) in [6, 6.07) is 13.2. The summed E-state index contributed by atoms with van der Waals surface area (Å²) in [5, 5.41) is 9.75. The van der Waals surface area contributed by atoms with Gasteiger partial charge >= 0.3 is 0 Å². The number of nitrogens with one attached hydrogen (secondary N) is 1. The van der Waals surface area contributed by atoms with Crippen LogP contribution in [0.15, 0.2) is 50.8 Å². The summed E-state index contributed by atoms with van der Waals surface area (Å²) >= 11 is 1.32. The van der Waals surface area contributed by atoms with Gasteiger partial charge in [0.2, 0.25) is 0 Å². The molecule has 0 unspecified atom stereocenters. The number of aromatic amines is 1. The first-order valence-corrected chi connectivity index (χ1v) is 8.10. The Kier molecular flexibility index (Phi) is 4.04. The van der Waals surface area contributed by atoms with Gasteiger partial charge in [-0.25, -0.2) is 4.98 Å². The van der Waals surface area contributed by atoms with Crippen molar-refractivity contribution >= 4 is 11.8 Å². The Morgan fingerprint density at radius 1 is 1.26 bits per heavy atom. The highest BCUT2D eigenvalue weighted by molar-refractivity contribution is 7.98. The van der Waals surface area contributed by atoms with E-state index in [1.165, 1.54) is 11.8 Å².